The molecular weight excluding hydrogens is 236 g/mol. The third kappa shape index (κ3) is 4.80. The molecule has 1 aromatic carbocycles. The second kappa shape index (κ2) is 7.78. The smallest absolute Gasteiger partial charge is 0.00695 e. The largest absolute Gasteiger partial charge is 0.130 e. The Labute approximate surface area is 115 Å². The van der Waals surface area contributed by atoms with Gasteiger partial charge in [0.25, 0.3) is 0 Å². The quantitative estimate of drug-likeness (QED) is 0.478. The van der Waals surface area contributed by atoms with E-state index in [4.69, 9.17) is 0 Å². The minimum atomic E-state index is 0.938. The number of allylic oxidation sites excluding steroid dienone is 6. The molecule has 0 saturated heterocycles. The van der Waals surface area contributed by atoms with Crippen LogP contribution < -0.4 is 0 Å². The van der Waals surface area contributed by atoms with Gasteiger partial charge in [-0.25, -0.2) is 0 Å². The molecule has 0 nitrogen and oxygen atoms in total. The van der Waals surface area contributed by atoms with Gasteiger partial charge in [-0.2, -0.15) is 0 Å². The summed E-state index contributed by atoms with van der Waals surface area (Å²) in [6.45, 7) is 9.88. The van der Waals surface area contributed by atoms with Crippen molar-refractivity contribution in [1.82, 2.24) is 0 Å². The number of thioether (sulfide) groups is 1. The monoisotopic (exact) mass is 256 g/mol. The van der Waals surface area contributed by atoms with Crippen molar-refractivity contribution in [1.29, 1.82) is 0 Å². The van der Waals surface area contributed by atoms with Crippen molar-refractivity contribution in [3.8, 4) is 0 Å². The molecule has 1 rings (SSSR count). The Morgan fingerprint density at radius 1 is 1.28 bits per heavy atom. The zero-order valence-electron chi connectivity index (χ0n) is 11.1. The van der Waals surface area contributed by atoms with Crippen LogP contribution in [0.15, 0.2) is 72.2 Å². The number of rotatable bonds is 6. The van der Waals surface area contributed by atoms with Crippen molar-refractivity contribution < 1.29 is 0 Å². The van der Waals surface area contributed by atoms with Crippen molar-refractivity contribution in [3.05, 3.63) is 72.9 Å². The third-order valence-electron chi connectivity index (χ3n) is 2.62. The van der Waals surface area contributed by atoms with Gasteiger partial charge in [0.1, 0.15) is 0 Å². The normalized spacial score (nSPS) is 11.8. The Bertz CT molecular complexity index is 461. The molecule has 0 spiro atoms. The van der Waals surface area contributed by atoms with Crippen molar-refractivity contribution in [3.63, 3.8) is 0 Å². The van der Waals surface area contributed by atoms with E-state index in [9.17, 15) is 0 Å². The van der Waals surface area contributed by atoms with Crippen LogP contribution in [0.5, 0.6) is 0 Å². The van der Waals surface area contributed by atoms with Crippen LogP contribution in [0, 0.1) is 0 Å². The van der Waals surface area contributed by atoms with Gasteiger partial charge in [0, 0.05) is 4.90 Å². The molecule has 94 valence electrons. The topological polar surface area (TPSA) is 0 Å². The van der Waals surface area contributed by atoms with E-state index in [0.29, 0.717) is 0 Å². The van der Waals surface area contributed by atoms with Crippen molar-refractivity contribution in [2.75, 3.05) is 6.26 Å². The molecule has 0 aliphatic heterocycles. The summed E-state index contributed by atoms with van der Waals surface area (Å²) >= 11 is 1.75. The lowest BCUT2D eigenvalue weighted by Crippen LogP contribution is -1.79. The Hall–Kier alpha value is -1.47. The molecule has 1 aromatic rings. The van der Waals surface area contributed by atoms with Gasteiger partial charge >= 0.3 is 0 Å². The van der Waals surface area contributed by atoms with Gasteiger partial charge in [-0.3, -0.25) is 0 Å². The fourth-order valence-electron chi connectivity index (χ4n) is 1.56. The first kappa shape index (κ1) is 14.6. The van der Waals surface area contributed by atoms with Crippen LogP contribution in [0.3, 0.4) is 0 Å². The highest BCUT2D eigenvalue weighted by Gasteiger charge is 1.95. The Kier molecular flexibility index (Phi) is 6.31. The van der Waals surface area contributed by atoms with Gasteiger partial charge in [0.05, 0.1) is 0 Å². The molecule has 0 bridgehead atoms. The standard InChI is InChI=1S/C17H20S/c1-5-7-14(2)8-6-9-15(3)16-10-12-17(18-4)13-11-16/h5-7,9-13H,1,3,8H2,2,4H3/b9-6+,14-7+. The van der Waals surface area contributed by atoms with E-state index in [1.165, 1.54) is 16.0 Å². The molecule has 0 fully saturated rings. The molecule has 0 aliphatic carbocycles. The maximum atomic E-state index is 4.09. The predicted molar refractivity (Wildman–Crippen MR) is 85.0 cm³/mol. The third-order valence-corrected chi connectivity index (χ3v) is 3.37. The maximum absolute atomic E-state index is 4.09. The van der Waals surface area contributed by atoms with Crippen LogP contribution >= 0.6 is 11.8 Å². The van der Waals surface area contributed by atoms with E-state index in [1.807, 2.05) is 12.2 Å². The maximum Gasteiger partial charge on any atom is 0.00695 e. The fraction of sp³-hybridized carbons (Fsp3) is 0.176. The van der Waals surface area contributed by atoms with Crippen molar-refractivity contribution in [2.24, 2.45) is 0 Å². The summed E-state index contributed by atoms with van der Waals surface area (Å²) in [4.78, 5) is 1.28. The molecule has 0 aromatic heterocycles. The summed E-state index contributed by atoms with van der Waals surface area (Å²) < 4.78 is 0. The average Bonchev–Trinajstić information content (AvgIpc) is 2.39. The van der Waals surface area contributed by atoms with E-state index in [0.717, 1.165) is 12.0 Å². The van der Waals surface area contributed by atoms with E-state index >= 15 is 0 Å². The van der Waals surface area contributed by atoms with Crippen molar-refractivity contribution >= 4 is 17.3 Å². The molecule has 0 aliphatic rings. The Balaban J connectivity index is 2.61. The summed E-state index contributed by atoms with van der Waals surface area (Å²) in [7, 11) is 0. The van der Waals surface area contributed by atoms with Crippen LogP contribution in [-0.2, 0) is 0 Å². The van der Waals surface area contributed by atoms with Gasteiger partial charge in [-0.05, 0) is 42.9 Å². The van der Waals surface area contributed by atoms with Crippen molar-refractivity contribution in [2.45, 2.75) is 18.2 Å². The lowest BCUT2D eigenvalue weighted by atomic mass is 10.1. The predicted octanol–water partition coefficient (Wildman–Crippen LogP) is 5.50. The lowest BCUT2D eigenvalue weighted by molar-refractivity contribution is 1.21. The highest BCUT2D eigenvalue weighted by molar-refractivity contribution is 7.98. The van der Waals surface area contributed by atoms with E-state index in [-0.39, 0.29) is 0 Å². The molecular formula is C17H20S. The van der Waals surface area contributed by atoms with Gasteiger partial charge < -0.3 is 0 Å². The molecule has 0 atom stereocenters. The van der Waals surface area contributed by atoms with Crippen LogP contribution in [0.2, 0.25) is 0 Å². The SMILES string of the molecule is C=C/C=C(\C)C/C=C/C(=C)c1ccc(SC)cc1. The van der Waals surface area contributed by atoms with Gasteiger partial charge in [0.2, 0.25) is 0 Å². The first-order chi connectivity index (χ1) is 8.67. The number of benzene rings is 1. The molecule has 0 saturated carbocycles. The highest BCUT2D eigenvalue weighted by Crippen LogP contribution is 2.19. The van der Waals surface area contributed by atoms with Gasteiger partial charge in [-0.15, -0.1) is 11.8 Å². The summed E-state index contributed by atoms with van der Waals surface area (Å²) in [5, 5.41) is 0. The molecule has 0 heterocycles. The molecule has 1 heteroatoms. The number of hydrogen-bond acceptors (Lipinski definition) is 1. The lowest BCUT2D eigenvalue weighted by Gasteiger charge is -2.02. The molecule has 18 heavy (non-hydrogen) atoms. The van der Waals surface area contributed by atoms with Crippen LogP contribution in [0.25, 0.3) is 5.57 Å². The van der Waals surface area contributed by atoms with Crippen LogP contribution in [0.1, 0.15) is 18.9 Å². The van der Waals surface area contributed by atoms with Gasteiger partial charge in [0.15, 0.2) is 0 Å². The fourth-order valence-corrected chi connectivity index (χ4v) is 1.97. The zero-order chi connectivity index (χ0) is 13.4. The summed E-state index contributed by atoms with van der Waals surface area (Å²) in [6, 6.07) is 8.49. The summed E-state index contributed by atoms with van der Waals surface area (Å²) in [6.07, 6.45) is 11.1. The molecule has 0 amide bonds. The molecule has 0 unspecified atom stereocenters. The zero-order valence-corrected chi connectivity index (χ0v) is 12.0. The summed E-state index contributed by atoms with van der Waals surface area (Å²) in [5.41, 5.74) is 3.52. The second-order valence-corrected chi connectivity index (χ2v) is 4.99. The molecule has 0 N–H and O–H groups in total. The van der Waals surface area contributed by atoms with E-state index in [2.05, 4.69) is 62.8 Å². The second-order valence-electron chi connectivity index (χ2n) is 4.11. The minimum absolute atomic E-state index is 0.938. The van der Waals surface area contributed by atoms with E-state index < -0.39 is 0 Å². The first-order valence-corrected chi connectivity index (χ1v) is 7.18. The highest BCUT2D eigenvalue weighted by atomic mass is 32.2. The first-order valence-electron chi connectivity index (χ1n) is 5.95. The minimum Gasteiger partial charge on any atom is -0.130 e. The Morgan fingerprint density at radius 2 is 1.94 bits per heavy atom. The van der Waals surface area contributed by atoms with Crippen LogP contribution in [-0.4, -0.2) is 6.26 Å². The Morgan fingerprint density at radius 3 is 2.50 bits per heavy atom. The number of hydrogen-bond donors (Lipinski definition) is 0. The molecule has 0 radical (unpaired) electrons. The van der Waals surface area contributed by atoms with Crippen LogP contribution in [0.4, 0.5) is 0 Å². The summed E-state index contributed by atoms with van der Waals surface area (Å²) in [5.74, 6) is 0. The van der Waals surface area contributed by atoms with E-state index in [1.54, 1.807) is 11.8 Å². The van der Waals surface area contributed by atoms with Gasteiger partial charge in [-0.1, -0.05) is 55.2 Å². The average molecular weight is 256 g/mol.